The summed E-state index contributed by atoms with van der Waals surface area (Å²) in [5.41, 5.74) is 0.0563. The van der Waals surface area contributed by atoms with E-state index in [0.29, 0.717) is 13.2 Å². The average molecular weight is 187 g/mol. The van der Waals surface area contributed by atoms with Gasteiger partial charge in [-0.3, -0.25) is 4.79 Å². The lowest BCUT2D eigenvalue weighted by molar-refractivity contribution is -0.147. The first-order valence-corrected chi connectivity index (χ1v) is 4.78. The molecule has 0 aliphatic heterocycles. The van der Waals surface area contributed by atoms with Gasteiger partial charge in [-0.25, -0.2) is 0 Å². The second-order valence-corrected chi connectivity index (χ2v) is 4.28. The van der Waals surface area contributed by atoms with Crippen molar-refractivity contribution in [1.29, 1.82) is 0 Å². The summed E-state index contributed by atoms with van der Waals surface area (Å²) < 4.78 is 4.89. The number of hydrogen-bond donors (Lipinski definition) is 1. The summed E-state index contributed by atoms with van der Waals surface area (Å²) in [4.78, 5) is 11.2. The van der Waals surface area contributed by atoms with Crippen LogP contribution in [0.4, 0.5) is 0 Å². The minimum atomic E-state index is -0.126. The van der Waals surface area contributed by atoms with Gasteiger partial charge in [-0.1, -0.05) is 6.92 Å². The van der Waals surface area contributed by atoms with Crippen LogP contribution in [0.5, 0.6) is 0 Å². The second kappa shape index (κ2) is 5.22. The van der Waals surface area contributed by atoms with E-state index in [4.69, 9.17) is 4.74 Å². The van der Waals surface area contributed by atoms with Gasteiger partial charge in [-0.05, 0) is 27.7 Å². The Morgan fingerprint density at radius 2 is 2.00 bits per heavy atom. The van der Waals surface area contributed by atoms with E-state index in [1.54, 1.807) is 0 Å². The Balaban J connectivity index is 3.74. The fraction of sp³-hybridized carbons (Fsp3) is 0.900. The van der Waals surface area contributed by atoms with Crippen LogP contribution in [-0.4, -0.2) is 24.7 Å². The summed E-state index contributed by atoms with van der Waals surface area (Å²) in [6.45, 7) is 11.0. The first kappa shape index (κ1) is 12.4. The SMILES string of the molecule is CCOC(=O)C(C)CNC(C)(C)C. The normalized spacial score (nSPS) is 13.9. The first-order chi connectivity index (χ1) is 5.87. The van der Waals surface area contributed by atoms with E-state index in [0.717, 1.165) is 0 Å². The molecule has 1 unspecified atom stereocenters. The predicted octanol–water partition coefficient (Wildman–Crippen LogP) is 1.57. The zero-order chi connectivity index (χ0) is 10.5. The van der Waals surface area contributed by atoms with Crippen LogP contribution in [-0.2, 0) is 9.53 Å². The van der Waals surface area contributed by atoms with Crippen molar-refractivity contribution in [1.82, 2.24) is 5.32 Å². The quantitative estimate of drug-likeness (QED) is 0.679. The second-order valence-electron chi connectivity index (χ2n) is 4.28. The Bertz CT molecular complexity index is 161. The summed E-state index contributed by atoms with van der Waals surface area (Å²) in [7, 11) is 0. The number of esters is 1. The molecule has 1 N–H and O–H groups in total. The molecule has 13 heavy (non-hydrogen) atoms. The molecule has 0 aromatic carbocycles. The van der Waals surface area contributed by atoms with Crippen molar-refractivity contribution in [3.05, 3.63) is 0 Å². The number of carbonyl (C=O) groups is 1. The molecular formula is C10H21NO2. The molecule has 0 aliphatic rings. The van der Waals surface area contributed by atoms with Gasteiger partial charge in [0.15, 0.2) is 0 Å². The number of nitrogens with one attached hydrogen (secondary N) is 1. The largest absolute Gasteiger partial charge is 0.466 e. The maximum Gasteiger partial charge on any atom is 0.309 e. The molecule has 0 amide bonds. The van der Waals surface area contributed by atoms with Crippen LogP contribution in [0.25, 0.3) is 0 Å². The molecular weight excluding hydrogens is 166 g/mol. The highest BCUT2D eigenvalue weighted by molar-refractivity contribution is 5.72. The van der Waals surface area contributed by atoms with Gasteiger partial charge in [0.05, 0.1) is 12.5 Å². The third-order valence-electron chi connectivity index (χ3n) is 1.63. The maximum absolute atomic E-state index is 11.2. The highest BCUT2D eigenvalue weighted by atomic mass is 16.5. The summed E-state index contributed by atoms with van der Waals surface area (Å²) in [6, 6.07) is 0. The van der Waals surface area contributed by atoms with Gasteiger partial charge in [-0.15, -0.1) is 0 Å². The third kappa shape index (κ3) is 6.58. The highest BCUT2D eigenvalue weighted by Crippen LogP contribution is 2.02. The van der Waals surface area contributed by atoms with Crippen molar-refractivity contribution in [2.24, 2.45) is 5.92 Å². The molecule has 78 valence electrons. The van der Waals surface area contributed by atoms with Crippen LogP contribution in [0.3, 0.4) is 0 Å². The zero-order valence-electron chi connectivity index (χ0n) is 9.31. The van der Waals surface area contributed by atoms with Crippen molar-refractivity contribution < 1.29 is 9.53 Å². The number of hydrogen-bond acceptors (Lipinski definition) is 3. The Morgan fingerprint density at radius 1 is 1.46 bits per heavy atom. The van der Waals surface area contributed by atoms with E-state index < -0.39 is 0 Å². The molecule has 0 aromatic heterocycles. The first-order valence-electron chi connectivity index (χ1n) is 4.78. The lowest BCUT2D eigenvalue weighted by Crippen LogP contribution is -2.40. The predicted molar refractivity (Wildman–Crippen MR) is 53.6 cm³/mol. The van der Waals surface area contributed by atoms with Crippen LogP contribution < -0.4 is 5.32 Å². The van der Waals surface area contributed by atoms with Crippen LogP contribution in [0, 0.1) is 5.92 Å². The molecule has 0 heterocycles. The molecule has 0 bridgehead atoms. The Hall–Kier alpha value is -0.570. The third-order valence-corrected chi connectivity index (χ3v) is 1.63. The van der Waals surface area contributed by atoms with Crippen LogP contribution >= 0.6 is 0 Å². The average Bonchev–Trinajstić information content (AvgIpc) is 1.99. The molecule has 3 nitrogen and oxygen atoms in total. The van der Waals surface area contributed by atoms with Gasteiger partial charge in [0.2, 0.25) is 0 Å². The molecule has 0 rings (SSSR count). The van der Waals surface area contributed by atoms with Crippen molar-refractivity contribution in [3.8, 4) is 0 Å². The van der Waals surface area contributed by atoms with Crippen molar-refractivity contribution in [2.45, 2.75) is 40.2 Å². The standard InChI is InChI=1S/C10H21NO2/c1-6-13-9(12)8(2)7-11-10(3,4)5/h8,11H,6-7H2,1-5H3. The van der Waals surface area contributed by atoms with Crippen molar-refractivity contribution in [3.63, 3.8) is 0 Å². The van der Waals surface area contributed by atoms with E-state index in [-0.39, 0.29) is 17.4 Å². The smallest absolute Gasteiger partial charge is 0.309 e. The maximum atomic E-state index is 11.2. The molecule has 3 heteroatoms. The van der Waals surface area contributed by atoms with Gasteiger partial charge in [0.25, 0.3) is 0 Å². The number of rotatable bonds is 4. The van der Waals surface area contributed by atoms with Gasteiger partial charge in [0.1, 0.15) is 0 Å². The van der Waals surface area contributed by atoms with E-state index in [9.17, 15) is 4.79 Å². The van der Waals surface area contributed by atoms with Gasteiger partial charge < -0.3 is 10.1 Å². The molecule has 0 aromatic rings. The zero-order valence-corrected chi connectivity index (χ0v) is 9.31. The Labute approximate surface area is 80.8 Å². The summed E-state index contributed by atoms with van der Waals surface area (Å²) in [5, 5.41) is 3.26. The molecule has 1 atom stereocenters. The Morgan fingerprint density at radius 3 is 2.38 bits per heavy atom. The van der Waals surface area contributed by atoms with E-state index >= 15 is 0 Å². The molecule has 0 aliphatic carbocycles. The van der Waals surface area contributed by atoms with E-state index in [1.807, 2.05) is 13.8 Å². The monoisotopic (exact) mass is 187 g/mol. The molecule has 0 radical (unpaired) electrons. The van der Waals surface area contributed by atoms with Crippen molar-refractivity contribution >= 4 is 5.97 Å². The fourth-order valence-corrected chi connectivity index (χ4v) is 0.827. The Kier molecular flexibility index (Phi) is 4.99. The van der Waals surface area contributed by atoms with Crippen LogP contribution in [0.2, 0.25) is 0 Å². The van der Waals surface area contributed by atoms with E-state index in [2.05, 4.69) is 26.1 Å². The number of carbonyl (C=O) groups excluding carboxylic acids is 1. The van der Waals surface area contributed by atoms with E-state index in [1.165, 1.54) is 0 Å². The van der Waals surface area contributed by atoms with Crippen LogP contribution in [0.15, 0.2) is 0 Å². The summed E-state index contributed by atoms with van der Waals surface area (Å²) in [6.07, 6.45) is 0. The van der Waals surface area contributed by atoms with Gasteiger partial charge >= 0.3 is 5.97 Å². The molecule has 0 saturated heterocycles. The lowest BCUT2D eigenvalue weighted by Gasteiger charge is -2.22. The molecule has 0 fully saturated rings. The van der Waals surface area contributed by atoms with Gasteiger partial charge in [-0.2, -0.15) is 0 Å². The molecule has 0 spiro atoms. The minimum absolute atomic E-state index is 0.0563. The number of ether oxygens (including phenoxy) is 1. The highest BCUT2D eigenvalue weighted by Gasteiger charge is 2.16. The topological polar surface area (TPSA) is 38.3 Å². The lowest BCUT2D eigenvalue weighted by atomic mass is 10.1. The fourth-order valence-electron chi connectivity index (χ4n) is 0.827. The summed E-state index contributed by atoms with van der Waals surface area (Å²) >= 11 is 0. The molecule has 0 saturated carbocycles. The van der Waals surface area contributed by atoms with Gasteiger partial charge in [0, 0.05) is 12.1 Å². The van der Waals surface area contributed by atoms with Crippen molar-refractivity contribution in [2.75, 3.05) is 13.2 Å². The minimum Gasteiger partial charge on any atom is -0.466 e. The summed E-state index contributed by atoms with van der Waals surface area (Å²) in [5.74, 6) is -0.196. The van der Waals surface area contributed by atoms with Crippen LogP contribution in [0.1, 0.15) is 34.6 Å².